The van der Waals surface area contributed by atoms with E-state index in [0.717, 1.165) is 0 Å². The highest BCUT2D eigenvalue weighted by Crippen LogP contribution is 2.34. The minimum atomic E-state index is -4.64. The molecular weight excluding hydrogens is 733 g/mol. The molecule has 0 unspecified atom stereocenters. The second kappa shape index (κ2) is 15.0. The number of aromatic nitrogens is 8. The molecule has 0 saturated heterocycles. The number of alkyl halides is 6. The summed E-state index contributed by atoms with van der Waals surface area (Å²) in [5.41, 5.74) is 14.2. The van der Waals surface area contributed by atoms with Gasteiger partial charge in [-0.05, 0) is 53.1 Å². The summed E-state index contributed by atoms with van der Waals surface area (Å²) in [6, 6.07) is 0. The predicted octanol–water partition coefficient (Wildman–Crippen LogP) is 5.41. The number of aryl methyl sites for hydroxylation is 2. The summed E-state index contributed by atoms with van der Waals surface area (Å²) in [5, 5.41) is 9.25. The van der Waals surface area contributed by atoms with Crippen molar-refractivity contribution in [1.82, 2.24) is 39.5 Å². The van der Waals surface area contributed by atoms with Crippen molar-refractivity contribution in [1.29, 1.82) is 0 Å². The fourth-order valence-corrected chi connectivity index (χ4v) is 3.77. The lowest BCUT2D eigenvalue weighted by molar-refractivity contribution is -0.138. The zero-order chi connectivity index (χ0) is 37.9. The van der Waals surface area contributed by atoms with Crippen molar-refractivity contribution >= 4 is 63.9 Å². The Morgan fingerprint density at radius 1 is 0.735 bits per heavy atom. The molecule has 7 N–H and O–H groups in total. The largest absolute Gasteiger partial charge is 0.420 e. The maximum Gasteiger partial charge on any atom is 0.420 e. The molecular formula is C26H29Cl3F6N12O2. The lowest BCUT2D eigenvalue weighted by atomic mass is 10.1. The van der Waals surface area contributed by atoms with E-state index in [2.05, 4.69) is 35.5 Å². The summed E-state index contributed by atoms with van der Waals surface area (Å²) < 4.78 is 76.7. The monoisotopic (exact) mass is 760 g/mol. The molecule has 4 rings (SSSR count). The van der Waals surface area contributed by atoms with Gasteiger partial charge in [-0.15, -0.1) is 0 Å². The van der Waals surface area contributed by atoms with Crippen LogP contribution in [0.3, 0.4) is 0 Å². The van der Waals surface area contributed by atoms with Gasteiger partial charge in [-0.1, -0.05) is 23.2 Å². The first-order valence-corrected chi connectivity index (χ1v) is 14.4. The van der Waals surface area contributed by atoms with Crippen LogP contribution in [0.15, 0.2) is 24.8 Å². The number of halogens is 9. The molecule has 4 heterocycles. The lowest BCUT2D eigenvalue weighted by Gasteiger charge is -2.20. The smallest absolute Gasteiger partial charge is 0.396 e. The molecule has 23 heteroatoms. The van der Waals surface area contributed by atoms with Gasteiger partial charge in [-0.3, -0.25) is 19.0 Å². The number of nitrogens with zero attached hydrogens (tertiary/aromatic N) is 8. The molecule has 0 fully saturated rings. The highest BCUT2D eigenvalue weighted by atomic mass is 35.5. The van der Waals surface area contributed by atoms with E-state index in [1.807, 2.05) is 0 Å². The van der Waals surface area contributed by atoms with Crippen LogP contribution in [0.5, 0.6) is 0 Å². The molecule has 14 nitrogen and oxygen atoms in total. The first kappa shape index (κ1) is 40.7. The Balaban J connectivity index is 0.000000281. The van der Waals surface area contributed by atoms with Gasteiger partial charge in [0.15, 0.2) is 0 Å². The number of carbonyl (C=O) groups is 2. The summed E-state index contributed by atoms with van der Waals surface area (Å²) in [5.74, 6) is -1.16. The van der Waals surface area contributed by atoms with E-state index < -0.39 is 56.7 Å². The molecule has 49 heavy (non-hydrogen) atoms. The number of anilines is 3. The lowest BCUT2D eigenvalue weighted by Crippen LogP contribution is -2.41. The third-order valence-electron chi connectivity index (χ3n) is 6.50. The van der Waals surface area contributed by atoms with Crippen molar-refractivity contribution in [2.24, 2.45) is 11.5 Å². The minimum absolute atomic E-state index is 0.132. The Morgan fingerprint density at radius 3 is 1.55 bits per heavy atom. The van der Waals surface area contributed by atoms with Gasteiger partial charge in [0, 0.05) is 18.6 Å². The van der Waals surface area contributed by atoms with E-state index in [0.29, 0.717) is 35.2 Å². The summed E-state index contributed by atoms with van der Waals surface area (Å²) in [7, 11) is 0. The van der Waals surface area contributed by atoms with Crippen LogP contribution in [0.4, 0.5) is 43.7 Å². The number of hydrogen-bond acceptors (Lipinski definition) is 10. The Hall–Kier alpha value is -4.43. The Bertz CT molecular complexity index is 1800. The summed E-state index contributed by atoms with van der Waals surface area (Å²) in [6.45, 7) is 9.97. The third kappa shape index (κ3) is 10.3. The van der Waals surface area contributed by atoms with Crippen molar-refractivity contribution in [3.63, 3.8) is 0 Å². The number of nitrogens with one attached hydrogen (secondary N) is 1. The molecule has 0 aromatic carbocycles. The van der Waals surface area contributed by atoms with Crippen LogP contribution in [0.2, 0.25) is 15.6 Å². The number of nitrogen functional groups attached to an aromatic ring is 1. The van der Waals surface area contributed by atoms with Gasteiger partial charge in [-0.2, -0.15) is 36.5 Å². The molecule has 0 spiro atoms. The van der Waals surface area contributed by atoms with Gasteiger partial charge in [0.1, 0.15) is 32.5 Å². The standard InChI is InChI=1S/C13H14ClF3N6O.C8H14N4O.C5HCl2F3N2/c1-6-8(5-23(22-6)12(2,3)10(18)24)20-11-19-4-7(9(14)21-11)13(15,16)17;1-5-6(9)4-12(11-5)8(2,3)7(10)13;6-3-2(5(8,9)10)1-11-4(7)12-3/h4-5H,1-3H3,(H2,18,24)(H,19,20,21);4H,9H2,1-3H3,(H2,10,13);1H. The average Bonchev–Trinajstić information content (AvgIpc) is 3.49. The fourth-order valence-electron chi connectivity index (χ4n) is 3.12. The normalized spacial score (nSPS) is 12.0. The number of nitrogens with two attached hydrogens (primary N) is 3. The second-order valence-corrected chi connectivity index (χ2v) is 11.9. The van der Waals surface area contributed by atoms with Crippen molar-refractivity contribution in [2.45, 2.75) is 65.0 Å². The Morgan fingerprint density at radius 2 is 1.16 bits per heavy atom. The van der Waals surface area contributed by atoms with Gasteiger partial charge >= 0.3 is 12.4 Å². The molecule has 2 amide bonds. The van der Waals surface area contributed by atoms with Gasteiger partial charge in [-0.25, -0.2) is 19.9 Å². The fraction of sp³-hybridized carbons (Fsp3) is 0.385. The zero-order valence-corrected chi connectivity index (χ0v) is 28.6. The quantitative estimate of drug-likeness (QED) is 0.111. The Kier molecular flexibility index (Phi) is 12.5. The van der Waals surface area contributed by atoms with Crippen LogP contribution < -0.4 is 22.5 Å². The van der Waals surface area contributed by atoms with Gasteiger partial charge in [0.05, 0.1) is 29.0 Å². The molecule has 0 radical (unpaired) electrons. The molecule has 4 aromatic rings. The van der Waals surface area contributed by atoms with Crippen LogP contribution in [-0.4, -0.2) is 51.3 Å². The number of amides is 2. The van der Waals surface area contributed by atoms with Gasteiger partial charge in [0.25, 0.3) is 0 Å². The van der Waals surface area contributed by atoms with Crippen molar-refractivity contribution < 1.29 is 35.9 Å². The summed E-state index contributed by atoms with van der Waals surface area (Å²) >= 11 is 15.9. The van der Waals surface area contributed by atoms with Crippen LogP contribution in [0.1, 0.15) is 50.2 Å². The van der Waals surface area contributed by atoms with E-state index in [1.165, 1.54) is 15.6 Å². The van der Waals surface area contributed by atoms with Crippen LogP contribution in [0.25, 0.3) is 0 Å². The van der Waals surface area contributed by atoms with Gasteiger partial charge in [0.2, 0.25) is 23.0 Å². The Labute approximate surface area is 289 Å². The van der Waals surface area contributed by atoms with Crippen molar-refractivity contribution in [2.75, 3.05) is 11.1 Å². The second-order valence-electron chi connectivity index (χ2n) is 10.9. The van der Waals surface area contributed by atoms with E-state index >= 15 is 0 Å². The maximum absolute atomic E-state index is 12.6. The SMILES string of the molecule is Cc1nn(C(C)(C)C(N)=O)cc1N.Cc1nn(C(C)(C)C(N)=O)cc1Nc1ncc(C(F)(F)F)c(Cl)n1.FC(F)(F)c1cnc(Cl)nc1Cl. The topological polar surface area (TPSA) is 211 Å². The predicted molar refractivity (Wildman–Crippen MR) is 168 cm³/mol. The van der Waals surface area contributed by atoms with Crippen LogP contribution in [0, 0.1) is 13.8 Å². The van der Waals surface area contributed by atoms with Gasteiger partial charge < -0.3 is 22.5 Å². The number of rotatable bonds is 6. The highest BCUT2D eigenvalue weighted by molar-refractivity contribution is 6.32. The molecule has 0 bridgehead atoms. The highest BCUT2D eigenvalue weighted by Gasteiger charge is 2.36. The van der Waals surface area contributed by atoms with E-state index in [9.17, 15) is 35.9 Å². The number of carbonyl (C=O) groups excluding carboxylic acids is 2. The number of primary amides is 2. The van der Waals surface area contributed by atoms with Crippen molar-refractivity contribution in [3.05, 3.63) is 62.9 Å². The third-order valence-corrected chi connectivity index (χ3v) is 7.26. The van der Waals surface area contributed by atoms with E-state index in [4.69, 9.17) is 52.0 Å². The first-order chi connectivity index (χ1) is 22.2. The molecule has 0 atom stereocenters. The summed E-state index contributed by atoms with van der Waals surface area (Å²) in [6.07, 6.45) is -4.96. The number of hydrogen-bond donors (Lipinski definition) is 4. The van der Waals surface area contributed by atoms with E-state index in [1.54, 1.807) is 47.7 Å². The molecule has 0 aliphatic carbocycles. The van der Waals surface area contributed by atoms with Crippen LogP contribution >= 0.6 is 34.8 Å². The molecule has 0 aliphatic rings. The first-order valence-electron chi connectivity index (χ1n) is 13.3. The molecule has 4 aromatic heterocycles. The molecule has 0 aliphatic heterocycles. The molecule has 268 valence electrons. The zero-order valence-electron chi connectivity index (χ0n) is 26.3. The van der Waals surface area contributed by atoms with Crippen molar-refractivity contribution in [3.8, 4) is 0 Å². The van der Waals surface area contributed by atoms with E-state index in [-0.39, 0.29) is 11.2 Å². The summed E-state index contributed by atoms with van der Waals surface area (Å²) in [4.78, 5) is 36.0. The minimum Gasteiger partial charge on any atom is -0.396 e. The molecule has 0 saturated carbocycles. The average molecular weight is 762 g/mol. The van der Waals surface area contributed by atoms with Crippen LogP contribution in [-0.2, 0) is 33.0 Å². The maximum atomic E-state index is 12.6.